The minimum atomic E-state index is -4.39. The van der Waals surface area contributed by atoms with Gasteiger partial charge in [0.15, 0.2) is 0 Å². The SMILES string of the molecule is C[C@@H](Oc1cc(C(N)=O)ccc1S(=O)(=O)N[C@H](C=O)CC(=O)O)[C@H](C)n1cnc2ccccc21. The molecule has 3 atom stereocenters. The van der Waals surface area contributed by atoms with Crippen LogP contribution in [0.25, 0.3) is 11.0 Å². The number of nitrogens with zero attached hydrogens (tertiary/aromatic N) is 2. The van der Waals surface area contributed by atoms with Crippen LogP contribution in [-0.4, -0.2) is 53.4 Å². The number of primary amides is 1. The van der Waals surface area contributed by atoms with Crippen molar-refractivity contribution in [2.45, 2.75) is 43.4 Å². The number of fused-ring (bicyclic) bond motifs is 1. The van der Waals surface area contributed by atoms with Gasteiger partial charge in [0.2, 0.25) is 15.9 Å². The fourth-order valence-corrected chi connectivity index (χ4v) is 4.66. The number of carbonyl (C=O) groups excluding carboxylic acids is 2. The Morgan fingerprint density at radius 3 is 2.59 bits per heavy atom. The van der Waals surface area contributed by atoms with E-state index in [2.05, 4.69) is 4.98 Å². The number of aliphatic carboxylic acids is 1. The monoisotopic (exact) mass is 488 g/mol. The van der Waals surface area contributed by atoms with Gasteiger partial charge < -0.3 is 24.9 Å². The molecular formula is C22H24N4O7S. The van der Waals surface area contributed by atoms with Gasteiger partial charge in [-0.05, 0) is 44.2 Å². The van der Waals surface area contributed by atoms with Gasteiger partial charge in [-0.3, -0.25) is 9.59 Å². The summed E-state index contributed by atoms with van der Waals surface area (Å²) in [7, 11) is -4.39. The molecule has 11 nitrogen and oxygen atoms in total. The highest BCUT2D eigenvalue weighted by Gasteiger charge is 2.28. The Balaban J connectivity index is 1.96. The lowest BCUT2D eigenvalue weighted by Gasteiger charge is -2.25. The van der Waals surface area contributed by atoms with Crippen LogP contribution in [0.3, 0.4) is 0 Å². The van der Waals surface area contributed by atoms with Crippen LogP contribution in [0.4, 0.5) is 0 Å². The van der Waals surface area contributed by atoms with Gasteiger partial charge in [0.25, 0.3) is 0 Å². The van der Waals surface area contributed by atoms with Crippen molar-refractivity contribution in [2.75, 3.05) is 0 Å². The third-order valence-corrected chi connectivity index (χ3v) is 6.82. The fraction of sp³-hybridized carbons (Fsp3) is 0.273. The Morgan fingerprint density at radius 1 is 1.24 bits per heavy atom. The molecule has 180 valence electrons. The molecule has 0 aliphatic rings. The second-order valence-electron chi connectivity index (χ2n) is 7.69. The van der Waals surface area contributed by atoms with E-state index in [9.17, 15) is 22.8 Å². The first-order valence-electron chi connectivity index (χ1n) is 10.2. The topological polar surface area (TPSA) is 171 Å². The lowest BCUT2D eigenvalue weighted by molar-refractivity contribution is -0.138. The number of sulfonamides is 1. The molecule has 12 heteroatoms. The van der Waals surface area contributed by atoms with Gasteiger partial charge in [-0.1, -0.05) is 12.1 Å². The quantitative estimate of drug-likeness (QED) is 0.341. The van der Waals surface area contributed by atoms with E-state index in [1.165, 1.54) is 12.1 Å². The number of imidazole rings is 1. The molecule has 1 amide bonds. The predicted molar refractivity (Wildman–Crippen MR) is 122 cm³/mol. The van der Waals surface area contributed by atoms with Gasteiger partial charge in [-0.25, -0.2) is 18.1 Å². The lowest BCUT2D eigenvalue weighted by atomic mass is 10.1. The Kier molecular flexibility index (Phi) is 7.32. The molecule has 0 aliphatic carbocycles. The molecule has 4 N–H and O–H groups in total. The normalized spacial score (nSPS) is 14.3. The summed E-state index contributed by atoms with van der Waals surface area (Å²) in [4.78, 5) is 37.8. The van der Waals surface area contributed by atoms with Crippen LogP contribution in [0.1, 0.15) is 36.7 Å². The number of aldehydes is 1. The van der Waals surface area contributed by atoms with E-state index >= 15 is 0 Å². The maximum absolute atomic E-state index is 13.0. The molecule has 3 aromatic rings. The van der Waals surface area contributed by atoms with E-state index in [1.807, 2.05) is 40.5 Å². The van der Waals surface area contributed by atoms with Crippen LogP contribution < -0.4 is 15.2 Å². The zero-order chi connectivity index (χ0) is 25.0. The Bertz CT molecular complexity index is 1340. The van der Waals surface area contributed by atoms with Crippen molar-refractivity contribution in [3.05, 3.63) is 54.4 Å². The van der Waals surface area contributed by atoms with Crippen molar-refractivity contribution in [1.82, 2.24) is 14.3 Å². The van der Waals surface area contributed by atoms with Gasteiger partial charge in [0.05, 0.1) is 35.9 Å². The fourth-order valence-electron chi connectivity index (χ4n) is 3.37. The number of amides is 1. The molecule has 34 heavy (non-hydrogen) atoms. The molecule has 0 saturated carbocycles. The first-order chi connectivity index (χ1) is 16.0. The number of nitrogens with two attached hydrogens (primary N) is 1. The van der Waals surface area contributed by atoms with Crippen LogP contribution >= 0.6 is 0 Å². The van der Waals surface area contributed by atoms with Gasteiger partial charge in [-0.2, -0.15) is 0 Å². The van der Waals surface area contributed by atoms with Crippen LogP contribution in [-0.2, 0) is 19.6 Å². The van der Waals surface area contributed by atoms with E-state index in [-0.39, 0.29) is 28.5 Å². The summed E-state index contributed by atoms with van der Waals surface area (Å²) < 4.78 is 35.8. The minimum Gasteiger partial charge on any atom is -0.487 e. The summed E-state index contributed by atoms with van der Waals surface area (Å²) >= 11 is 0. The number of para-hydroxylation sites is 2. The Morgan fingerprint density at radius 2 is 1.94 bits per heavy atom. The molecule has 0 aliphatic heterocycles. The first-order valence-corrected chi connectivity index (χ1v) is 11.7. The van der Waals surface area contributed by atoms with Crippen molar-refractivity contribution < 1.29 is 32.6 Å². The molecule has 0 spiro atoms. The highest BCUT2D eigenvalue weighted by molar-refractivity contribution is 7.89. The number of hydrogen-bond donors (Lipinski definition) is 3. The largest absolute Gasteiger partial charge is 0.487 e. The summed E-state index contributed by atoms with van der Waals surface area (Å²) in [5.41, 5.74) is 6.99. The van der Waals surface area contributed by atoms with Crippen LogP contribution in [0.2, 0.25) is 0 Å². The van der Waals surface area contributed by atoms with Crippen molar-refractivity contribution in [1.29, 1.82) is 0 Å². The minimum absolute atomic E-state index is 0.0133. The number of ether oxygens (including phenoxy) is 1. The van der Waals surface area contributed by atoms with Crippen molar-refractivity contribution in [3.8, 4) is 5.75 Å². The van der Waals surface area contributed by atoms with Crippen LogP contribution in [0.15, 0.2) is 53.7 Å². The summed E-state index contributed by atoms with van der Waals surface area (Å²) in [5.74, 6) is -2.32. The Hall–Kier alpha value is -3.77. The first kappa shape index (κ1) is 24.9. The van der Waals surface area contributed by atoms with E-state index in [1.54, 1.807) is 13.3 Å². The molecule has 0 fully saturated rings. The van der Waals surface area contributed by atoms with Crippen LogP contribution in [0.5, 0.6) is 5.75 Å². The molecule has 2 aromatic carbocycles. The summed E-state index contributed by atoms with van der Waals surface area (Å²) in [6.45, 7) is 3.58. The molecule has 1 heterocycles. The number of carboxylic acid groups (broad SMARTS) is 1. The van der Waals surface area contributed by atoms with Crippen molar-refractivity contribution >= 4 is 39.2 Å². The summed E-state index contributed by atoms with van der Waals surface area (Å²) in [6.07, 6.45) is 0.503. The molecule has 1 aromatic heterocycles. The third kappa shape index (κ3) is 5.41. The molecule has 0 bridgehead atoms. The molecular weight excluding hydrogens is 464 g/mol. The Labute approximate surface area is 195 Å². The second-order valence-corrected chi connectivity index (χ2v) is 9.37. The maximum Gasteiger partial charge on any atom is 0.305 e. The molecule has 0 radical (unpaired) electrons. The number of carboxylic acids is 1. The van der Waals surface area contributed by atoms with E-state index in [0.717, 1.165) is 17.1 Å². The number of nitrogens with one attached hydrogen (secondary N) is 1. The zero-order valence-corrected chi connectivity index (χ0v) is 19.2. The highest BCUT2D eigenvalue weighted by Crippen LogP contribution is 2.29. The van der Waals surface area contributed by atoms with Gasteiger partial charge >= 0.3 is 5.97 Å². The second kappa shape index (κ2) is 10.0. The standard InChI is InChI=1S/C22H24N4O7S/c1-13(26-12-24-17-5-3-4-6-18(17)26)14(2)33-19-9-15(22(23)30)7-8-20(19)34(31,32)25-16(11-27)10-21(28)29/h3-9,11-14,16,25H,10H2,1-2H3,(H2,23,30)(H,28,29)/t13-,14+,16-/m0/s1. The number of aromatic nitrogens is 2. The molecule has 3 rings (SSSR count). The number of carbonyl (C=O) groups is 3. The van der Waals surface area contributed by atoms with Gasteiger partial charge in [0, 0.05) is 5.56 Å². The summed E-state index contributed by atoms with van der Waals surface area (Å²) in [5, 5.41) is 8.90. The summed E-state index contributed by atoms with van der Waals surface area (Å²) in [6, 6.07) is 9.20. The van der Waals surface area contributed by atoms with Crippen molar-refractivity contribution in [3.63, 3.8) is 0 Å². The van der Waals surface area contributed by atoms with E-state index in [0.29, 0.717) is 0 Å². The average molecular weight is 489 g/mol. The number of hydrogen-bond acceptors (Lipinski definition) is 7. The molecule has 0 unspecified atom stereocenters. The predicted octanol–water partition coefficient (Wildman–Crippen LogP) is 1.48. The van der Waals surface area contributed by atoms with Crippen LogP contribution in [0, 0.1) is 0 Å². The number of benzene rings is 2. The number of rotatable bonds is 11. The zero-order valence-electron chi connectivity index (χ0n) is 18.4. The lowest BCUT2D eigenvalue weighted by Crippen LogP contribution is -2.38. The van der Waals surface area contributed by atoms with E-state index < -0.39 is 40.5 Å². The maximum atomic E-state index is 13.0. The van der Waals surface area contributed by atoms with E-state index in [4.69, 9.17) is 15.6 Å². The van der Waals surface area contributed by atoms with Gasteiger partial charge in [-0.15, -0.1) is 0 Å². The van der Waals surface area contributed by atoms with Crippen molar-refractivity contribution in [2.24, 2.45) is 5.73 Å². The average Bonchev–Trinajstić information content (AvgIpc) is 3.21. The highest BCUT2D eigenvalue weighted by atomic mass is 32.2. The third-order valence-electron chi connectivity index (χ3n) is 5.30. The van der Waals surface area contributed by atoms with Gasteiger partial charge in [0.1, 0.15) is 23.0 Å². The molecule has 0 saturated heterocycles. The smallest absolute Gasteiger partial charge is 0.305 e.